The van der Waals surface area contributed by atoms with Crippen molar-refractivity contribution in [1.82, 2.24) is 4.90 Å². The maximum absolute atomic E-state index is 12.9. The molecule has 1 fully saturated rings. The van der Waals surface area contributed by atoms with Crippen molar-refractivity contribution < 1.29 is 24.2 Å². The van der Waals surface area contributed by atoms with Crippen molar-refractivity contribution in [2.75, 3.05) is 13.7 Å². The number of carbonyl (C=O) groups is 2. The number of amides is 1. The van der Waals surface area contributed by atoms with Crippen LogP contribution in [0.1, 0.15) is 45.6 Å². The van der Waals surface area contributed by atoms with Crippen LogP contribution in [0.2, 0.25) is 0 Å². The molecule has 1 N–H and O–H groups in total. The summed E-state index contributed by atoms with van der Waals surface area (Å²) >= 11 is 1.59. The van der Waals surface area contributed by atoms with E-state index in [2.05, 4.69) is 0 Å². The van der Waals surface area contributed by atoms with Gasteiger partial charge in [-0.05, 0) is 32.8 Å². The van der Waals surface area contributed by atoms with Gasteiger partial charge in [-0.1, -0.05) is 30.3 Å². The van der Waals surface area contributed by atoms with E-state index in [1.807, 2.05) is 51.1 Å². The second-order valence-corrected chi connectivity index (χ2v) is 9.10. The lowest BCUT2D eigenvalue weighted by atomic mass is 10.1. The second kappa shape index (κ2) is 8.97. The molecule has 2 atom stereocenters. The third kappa shape index (κ3) is 6.14. The Bertz CT molecular complexity index is 646. The lowest BCUT2D eigenvalue weighted by Crippen LogP contribution is -2.47. The molecular formula is C20H29NO5S. The van der Waals surface area contributed by atoms with Crippen LogP contribution in [-0.4, -0.2) is 52.3 Å². The van der Waals surface area contributed by atoms with E-state index < -0.39 is 22.5 Å². The van der Waals surface area contributed by atoms with Gasteiger partial charge < -0.3 is 14.6 Å². The molecule has 1 aliphatic rings. The summed E-state index contributed by atoms with van der Waals surface area (Å²) in [6.45, 7) is 5.87. The number of likely N-dealkylation sites (tertiary alicyclic amines) is 1. The largest absolute Gasteiger partial charge is 0.481 e. The van der Waals surface area contributed by atoms with E-state index in [0.29, 0.717) is 25.1 Å². The van der Waals surface area contributed by atoms with Crippen LogP contribution in [0.4, 0.5) is 4.79 Å². The molecular weight excluding hydrogens is 366 g/mol. The van der Waals surface area contributed by atoms with E-state index in [-0.39, 0.29) is 12.5 Å². The van der Waals surface area contributed by atoms with Crippen LogP contribution in [0.15, 0.2) is 30.3 Å². The number of carbonyl (C=O) groups excluding carboxylic acids is 1. The fraction of sp³-hybridized carbons (Fsp3) is 0.600. The van der Waals surface area contributed by atoms with Crippen LogP contribution in [0.25, 0.3) is 0 Å². The minimum atomic E-state index is -0.875. The number of aliphatic carboxylic acids is 1. The molecule has 1 aromatic carbocycles. The van der Waals surface area contributed by atoms with E-state index in [0.717, 1.165) is 5.56 Å². The molecule has 150 valence electrons. The quantitative estimate of drug-likeness (QED) is 0.748. The van der Waals surface area contributed by atoms with Crippen molar-refractivity contribution in [2.45, 2.75) is 62.4 Å². The Morgan fingerprint density at radius 1 is 1.30 bits per heavy atom. The Morgan fingerprint density at radius 2 is 1.96 bits per heavy atom. The average Bonchev–Trinajstić information content (AvgIpc) is 2.97. The molecule has 27 heavy (non-hydrogen) atoms. The minimum absolute atomic E-state index is 0.0163. The summed E-state index contributed by atoms with van der Waals surface area (Å²) in [7, 11) is 1.62. The number of hydrogen-bond donors (Lipinski definition) is 1. The van der Waals surface area contributed by atoms with Crippen LogP contribution in [0, 0.1) is 0 Å². The predicted molar refractivity (Wildman–Crippen MR) is 106 cm³/mol. The number of carboxylic acids is 1. The summed E-state index contributed by atoms with van der Waals surface area (Å²) in [5.41, 5.74) is 0.507. The zero-order valence-corrected chi connectivity index (χ0v) is 17.3. The maximum atomic E-state index is 12.9. The van der Waals surface area contributed by atoms with Crippen LogP contribution < -0.4 is 0 Å². The predicted octanol–water partition coefficient (Wildman–Crippen LogP) is 4.14. The Hall–Kier alpha value is -1.73. The molecule has 0 aliphatic carbocycles. The van der Waals surface area contributed by atoms with Gasteiger partial charge in [0.05, 0.1) is 17.5 Å². The Morgan fingerprint density at radius 3 is 2.52 bits per heavy atom. The smallest absolute Gasteiger partial charge is 0.411 e. The topological polar surface area (TPSA) is 76.1 Å². The number of rotatable bonds is 7. The molecule has 0 bridgehead atoms. The molecule has 7 heteroatoms. The van der Waals surface area contributed by atoms with Gasteiger partial charge in [-0.3, -0.25) is 9.69 Å². The molecule has 6 nitrogen and oxygen atoms in total. The highest BCUT2D eigenvalue weighted by Crippen LogP contribution is 2.46. The Balaban J connectivity index is 2.27. The molecule has 0 saturated carbocycles. The monoisotopic (exact) mass is 395 g/mol. The first-order valence-corrected chi connectivity index (χ1v) is 10.1. The first-order chi connectivity index (χ1) is 12.6. The van der Waals surface area contributed by atoms with Gasteiger partial charge in [-0.15, -0.1) is 11.8 Å². The van der Waals surface area contributed by atoms with Crippen LogP contribution in [0.3, 0.4) is 0 Å². The number of methoxy groups -OCH3 is 1. The number of carboxylic acid groups (broad SMARTS) is 1. The van der Waals surface area contributed by atoms with Crippen molar-refractivity contribution in [2.24, 2.45) is 0 Å². The number of benzene rings is 1. The standard InChI is InChI=1S/C20H29NO5S/c1-19(2,3)26-18(24)21-13-16(25-4)12-20(21,11-10-17(22)23)27-14-15-8-6-5-7-9-15/h5-9,16H,10-14H2,1-4H3,(H,22,23). The van der Waals surface area contributed by atoms with Gasteiger partial charge in [0.15, 0.2) is 0 Å². The van der Waals surface area contributed by atoms with Gasteiger partial charge >= 0.3 is 12.1 Å². The molecule has 1 saturated heterocycles. The van der Waals surface area contributed by atoms with Gasteiger partial charge in [0.2, 0.25) is 0 Å². The fourth-order valence-corrected chi connectivity index (χ4v) is 4.64. The summed E-state index contributed by atoms with van der Waals surface area (Å²) in [6, 6.07) is 9.95. The third-order valence-electron chi connectivity index (χ3n) is 4.45. The van der Waals surface area contributed by atoms with Crippen molar-refractivity contribution in [3.05, 3.63) is 35.9 Å². The van der Waals surface area contributed by atoms with E-state index in [4.69, 9.17) is 9.47 Å². The van der Waals surface area contributed by atoms with Gasteiger partial charge in [-0.25, -0.2) is 4.79 Å². The third-order valence-corrected chi connectivity index (χ3v) is 6.06. The zero-order valence-electron chi connectivity index (χ0n) is 16.4. The Kier molecular flexibility index (Phi) is 7.17. The highest BCUT2D eigenvalue weighted by molar-refractivity contribution is 7.99. The summed E-state index contributed by atoms with van der Waals surface area (Å²) in [5, 5.41) is 9.23. The molecule has 0 aromatic heterocycles. The molecule has 1 aromatic rings. The van der Waals surface area contributed by atoms with E-state index in [1.54, 1.807) is 23.8 Å². The number of hydrogen-bond acceptors (Lipinski definition) is 5. The average molecular weight is 396 g/mol. The molecule has 0 spiro atoms. The number of ether oxygens (including phenoxy) is 2. The maximum Gasteiger partial charge on any atom is 0.411 e. The highest BCUT2D eigenvalue weighted by atomic mass is 32.2. The molecule has 1 amide bonds. The summed E-state index contributed by atoms with van der Waals surface area (Å²) < 4.78 is 11.1. The van der Waals surface area contributed by atoms with Gasteiger partial charge in [-0.2, -0.15) is 0 Å². The van der Waals surface area contributed by atoms with E-state index in [1.165, 1.54) is 0 Å². The van der Waals surface area contributed by atoms with Crippen molar-refractivity contribution in [3.63, 3.8) is 0 Å². The summed E-state index contributed by atoms with van der Waals surface area (Å²) in [4.78, 5) is 25.1. The van der Waals surface area contributed by atoms with Crippen LogP contribution >= 0.6 is 11.8 Å². The molecule has 0 radical (unpaired) electrons. The zero-order chi connectivity index (χ0) is 20.1. The first kappa shape index (κ1) is 21.6. The first-order valence-electron chi connectivity index (χ1n) is 9.08. The lowest BCUT2D eigenvalue weighted by Gasteiger charge is -2.38. The molecule has 1 aliphatic heterocycles. The normalized spacial score (nSPS) is 22.7. The van der Waals surface area contributed by atoms with Gasteiger partial charge in [0, 0.05) is 25.7 Å². The van der Waals surface area contributed by atoms with Crippen LogP contribution in [0.5, 0.6) is 0 Å². The number of thioether (sulfide) groups is 1. The lowest BCUT2D eigenvalue weighted by molar-refractivity contribution is -0.137. The van der Waals surface area contributed by atoms with Crippen molar-refractivity contribution >= 4 is 23.8 Å². The van der Waals surface area contributed by atoms with Gasteiger partial charge in [0.25, 0.3) is 0 Å². The van der Waals surface area contributed by atoms with E-state index >= 15 is 0 Å². The van der Waals surface area contributed by atoms with E-state index in [9.17, 15) is 14.7 Å². The molecule has 1 heterocycles. The second-order valence-electron chi connectivity index (χ2n) is 7.77. The van der Waals surface area contributed by atoms with Crippen molar-refractivity contribution in [3.8, 4) is 0 Å². The van der Waals surface area contributed by atoms with Gasteiger partial charge in [0.1, 0.15) is 5.60 Å². The summed E-state index contributed by atoms with van der Waals surface area (Å²) in [6.07, 6.45) is 0.340. The minimum Gasteiger partial charge on any atom is -0.481 e. The SMILES string of the molecule is COC1CN(C(=O)OC(C)(C)C)C(CCC(=O)O)(SCc2ccccc2)C1. The number of nitrogens with zero attached hydrogens (tertiary/aromatic N) is 1. The molecule has 2 unspecified atom stereocenters. The highest BCUT2D eigenvalue weighted by Gasteiger charge is 2.50. The summed E-state index contributed by atoms with van der Waals surface area (Å²) in [5.74, 6) is -0.199. The Labute approximate surface area is 165 Å². The molecule has 2 rings (SSSR count). The fourth-order valence-electron chi connectivity index (χ4n) is 3.16. The van der Waals surface area contributed by atoms with Crippen LogP contribution in [-0.2, 0) is 20.0 Å². The van der Waals surface area contributed by atoms with Crippen molar-refractivity contribution in [1.29, 1.82) is 0 Å².